The number of carboxylic acids is 1. The third kappa shape index (κ3) is 6.69. The summed E-state index contributed by atoms with van der Waals surface area (Å²) in [4.78, 5) is 74.6. The first-order valence-corrected chi connectivity index (χ1v) is 19.2. The minimum absolute atomic E-state index is 0.0535. The second-order valence-electron chi connectivity index (χ2n) is 14.7. The van der Waals surface area contributed by atoms with Gasteiger partial charge in [-0.15, -0.1) is 0 Å². The summed E-state index contributed by atoms with van der Waals surface area (Å²) in [5.41, 5.74) is 0.353. The molecule has 58 heavy (non-hydrogen) atoms. The number of allylic oxidation sites excluding steroid dienone is 2. The average Bonchev–Trinajstić information content (AvgIpc) is 3.55. The first-order chi connectivity index (χ1) is 27.5. The van der Waals surface area contributed by atoms with Gasteiger partial charge in [0.05, 0.1) is 48.0 Å². The second kappa shape index (κ2) is 15.4. The minimum Gasteiger partial charge on any atom is -0.507 e. The maximum atomic E-state index is 15.4. The summed E-state index contributed by atoms with van der Waals surface area (Å²) in [5, 5.41) is 21.3. The number of phenolic OH excluding ortho intramolecular Hbond substituents is 1. The summed E-state index contributed by atoms with van der Waals surface area (Å²) < 4.78 is 51.8. The number of rotatable bonds is 12. The third-order valence-corrected chi connectivity index (χ3v) is 12.3. The molecule has 2 aromatic carbocycles. The fraction of sp³-hybridized carbons (Fsp3) is 0.400. The van der Waals surface area contributed by atoms with Gasteiger partial charge >= 0.3 is 12.1 Å². The molecule has 0 spiro atoms. The van der Waals surface area contributed by atoms with Gasteiger partial charge in [-0.2, -0.15) is 18.2 Å². The molecule has 6 atom stereocenters. The number of ether oxygens (including phenoxy) is 2. The van der Waals surface area contributed by atoms with Crippen molar-refractivity contribution in [2.45, 2.75) is 56.0 Å². The van der Waals surface area contributed by atoms with Crippen LogP contribution >= 0.6 is 23.2 Å². The number of hydrazine groups is 1. The van der Waals surface area contributed by atoms with Gasteiger partial charge in [-0.3, -0.25) is 34.3 Å². The number of carbonyl (C=O) groups excluding carboxylic acids is 4. The van der Waals surface area contributed by atoms with Crippen molar-refractivity contribution in [3.05, 3.63) is 87.0 Å². The maximum absolute atomic E-state index is 15.4. The van der Waals surface area contributed by atoms with Crippen LogP contribution in [0.1, 0.15) is 61.1 Å². The number of carboxylic acid groups (broad SMARTS) is 1. The maximum Gasteiger partial charge on any atom is 0.417 e. The number of nitrogens with one attached hydrogen (secondary N) is 1. The number of fused-ring (bicyclic) bond motifs is 4. The molecule has 3 fully saturated rings. The van der Waals surface area contributed by atoms with E-state index in [1.807, 2.05) is 0 Å². The molecule has 3 N–H and O–H groups in total. The molecular formula is C40H37Cl2F3N4O9. The molecule has 3 heterocycles. The molecule has 2 aliphatic heterocycles. The number of amides is 4. The molecule has 13 nitrogen and oxygen atoms in total. The topological polar surface area (TPSA) is 176 Å². The zero-order chi connectivity index (χ0) is 41.8. The Bertz CT molecular complexity index is 2240. The Morgan fingerprint density at radius 2 is 1.71 bits per heavy atom. The van der Waals surface area contributed by atoms with Crippen LogP contribution in [0.5, 0.6) is 17.2 Å². The van der Waals surface area contributed by atoms with Crippen molar-refractivity contribution in [2.24, 2.45) is 23.7 Å². The number of methoxy groups -OCH3 is 2. The van der Waals surface area contributed by atoms with Gasteiger partial charge < -0.3 is 19.7 Å². The molecule has 2 saturated heterocycles. The number of phenols is 1. The highest BCUT2D eigenvalue weighted by Gasteiger charge is 2.71. The Hall–Kier alpha value is -5.35. The molecule has 18 heteroatoms. The lowest BCUT2D eigenvalue weighted by atomic mass is 9.49. The SMILES string of the molecule is COc1cc(O)c(C2C3=CCC4C(=O)N(CCCCCC(=O)O)C(=O)C4C3CC3C(=O)N(Nc4ncc(C(F)(F)F)cc4Cl)C(=O)C32c2ccc(Cl)cc2)c(OC)c1. The number of hydrogen-bond donors (Lipinski definition) is 3. The zero-order valence-electron chi connectivity index (χ0n) is 31.0. The van der Waals surface area contributed by atoms with Crippen molar-refractivity contribution in [1.82, 2.24) is 14.9 Å². The fourth-order valence-electron chi connectivity index (χ4n) is 9.27. The van der Waals surface area contributed by atoms with Gasteiger partial charge in [0.1, 0.15) is 17.2 Å². The van der Waals surface area contributed by atoms with E-state index >= 15 is 4.79 Å². The Kier molecular flexibility index (Phi) is 10.9. The Labute approximate surface area is 339 Å². The third-order valence-electron chi connectivity index (χ3n) is 11.8. The van der Waals surface area contributed by atoms with Crippen LogP contribution in [0.15, 0.2) is 60.3 Å². The molecule has 3 aromatic rings. The normalized spacial score (nSPS) is 25.3. The van der Waals surface area contributed by atoms with E-state index in [9.17, 15) is 37.5 Å². The van der Waals surface area contributed by atoms with Gasteiger partial charge in [0.2, 0.25) is 11.8 Å². The van der Waals surface area contributed by atoms with Crippen molar-refractivity contribution in [3.8, 4) is 17.2 Å². The number of aliphatic carboxylic acids is 1. The number of unbranched alkanes of at least 4 members (excludes halogenated alkanes) is 2. The Morgan fingerprint density at radius 1 is 0.983 bits per heavy atom. The minimum atomic E-state index is -4.79. The summed E-state index contributed by atoms with van der Waals surface area (Å²) in [5.74, 6) is -9.17. The number of benzene rings is 2. The quantitative estimate of drug-likeness (QED) is 0.0998. The smallest absolute Gasteiger partial charge is 0.417 e. The average molecular weight is 846 g/mol. The van der Waals surface area contributed by atoms with Gasteiger partial charge in [0, 0.05) is 47.8 Å². The first kappa shape index (κ1) is 40.8. The Balaban J connectivity index is 1.39. The van der Waals surface area contributed by atoms with E-state index in [4.69, 9.17) is 37.8 Å². The van der Waals surface area contributed by atoms with E-state index in [0.717, 1.165) is 0 Å². The van der Waals surface area contributed by atoms with Gasteiger partial charge in [-0.05, 0) is 55.4 Å². The molecule has 0 radical (unpaired) electrons. The predicted octanol–water partition coefficient (Wildman–Crippen LogP) is 6.76. The fourth-order valence-corrected chi connectivity index (χ4v) is 9.60. The number of aromatic nitrogens is 1. The van der Waals surface area contributed by atoms with E-state index in [0.29, 0.717) is 47.1 Å². The van der Waals surface area contributed by atoms with Crippen molar-refractivity contribution in [3.63, 3.8) is 0 Å². The van der Waals surface area contributed by atoms with Crippen molar-refractivity contribution in [2.75, 3.05) is 26.2 Å². The van der Waals surface area contributed by atoms with Crippen molar-refractivity contribution >= 4 is 58.6 Å². The lowest BCUT2D eigenvalue weighted by Gasteiger charge is -2.50. The number of hydrogen-bond acceptors (Lipinski definition) is 10. The van der Waals surface area contributed by atoms with Crippen LogP contribution in [0.2, 0.25) is 10.0 Å². The lowest BCUT2D eigenvalue weighted by Crippen LogP contribution is -2.53. The summed E-state index contributed by atoms with van der Waals surface area (Å²) >= 11 is 12.6. The van der Waals surface area contributed by atoms with Crippen LogP contribution in [-0.4, -0.2) is 75.5 Å². The number of carbonyl (C=O) groups is 5. The van der Waals surface area contributed by atoms with Crippen LogP contribution in [-0.2, 0) is 35.6 Å². The number of nitrogens with zero attached hydrogens (tertiary/aromatic N) is 3. The first-order valence-electron chi connectivity index (χ1n) is 18.4. The molecule has 306 valence electrons. The number of likely N-dealkylation sites (tertiary alicyclic amines) is 1. The largest absolute Gasteiger partial charge is 0.507 e. The second-order valence-corrected chi connectivity index (χ2v) is 15.6. The molecule has 2 aliphatic carbocycles. The summed E-state index contributed by atoms with van der Waals surface area (Å²) in [6, 6.07) is 9.60. The van der Waals surface area contributed by atoms with Crippen molar-refractivity contribution < 1.29 is 56.8 Å². The van der Waals surface area contributed by atoms with Crippen LogP contribution < -0.4 is 14.9 Å². The number of anilines is 1. The van der Waals surface area contributed by atoms with Gasteiger partial charge in [0.15, 0.2) is 5.82 Å². The number of aromatic hydroxyl groups is 1. The van der Waals surface area contributed by atoms with Crippen molar-refractivity contribution in [1.29, 1.82) is 0 Å². The van der Waals surface area contributed by atoms with E-state index in [1.54, 1.807) is 18.2 Å². The van der Waals surface area contributed by atoms with Crippen LogP contribution in [0.3, 0.4) is 0 Å². The monoisotopic (exact) mass is 844 g/mol. The molecule has 4 aliphatic rings. The van der Waals surface area contributed by atoms with Crippen LogP contribution in [0.25, 0.3) is 0 Å². The summed E-state index contributed by atoms with van der Waals surface area (Å²) in [6.07, 6.45) is -1.39. The highest BCUT2D eigenvalue weighted by atomic mass is 35.5. The molecule has 4 amide bonds. The van der Waals surface area contributed by atoms with Gasteiger partial charge in [-0.25, -0.2) is 4.98 Å². The molecule has 0 bridgehead atoms. The van der Waals surface area contributed by atoms with E-state index in [1.165, 1.54) is 43.4 Å². The number of halogens is 5. The van der Waals surface area contributed by atoms with E-state index in [2.05, 4.69) is 10.4 Å². The predicted molar refractivity (Wildman–Crippen MR) is 201 cm³/mol. The van der Waals surface area contributed by atoms with Crippen LogP contribution in [0, 0.1) is 23.7 Å². The van der Waals surface area contributed by atoms with E-state index < -0.39 is 87.2 Å². The van der Waals surface area contributed by atoms with Gasteiger partial charge in [-0.1, -0.05) is 53.4 Å². The molecular weight excluding hydrogens is 808 g/mol. The molecule has 7 rings (SSSR count). The Morgan fingerprint density at radius 3 is 2.34 bits per heavy atom. The molecule has 6 unspecified atom stereocenters. The van der Waals surface area contributed by atoms with E-state index in [-0.39, 0.29) is 54.2 Å². The highest BCUT2D eigenvalue weighted by molar-refractivity contribution is 6.33. The molecule has 1 saturated carbocycles. The number of pyridine rings is 1. The number of alkyl halides is 3. The standard InChI is InChI=1S/C40H37Cl2F3N4O9/c1-57-22-15-28(50)32(29(16-22)58-2)33-23-11-12-24-31(37(55)48(35(24)53)13-5-3-4-6-30(51)52)25(23)17-26-36(54)49(38(56)39(26,33)19-7-9-21(41)10-8-19)47-34-27(42)14-20(18-46-34)40(43,44)45/h7-11,14-16,18,24-26,31,33,50H,3-6,12-13,17H2,1-2H3,(H,46,47)(H,51,52). The van der Waals surface area contributed by atoms with Gasteiger partial charge in [0.25, 0.3) is 11.8 Å². The number of imide groups is 2. The molecule has 1 aromatic heterocycles. The lowest BCUT2D eigenvalue weighted by molar-refractivity contribution is -0.141. The highest BCUT2D eigenvalue weighted by Crippen LogP contribution is 2.66. The van der Waals surface area contributed by atoms with Crippen LogP contribution in [0.4, 0.5) is 19.0 Å². The zero-order valence-corrected chi connectivity index (χ0v) is 32.5. The summed E-state index contributed by atoms with van der Waals surface area (Å²) in [7, 11) is 2.72. The summed E-state index contributed by atoms with van der Waals surface area (Å²) in [6.45, 7) is 0.0665.